The number of benzene rings is 1. The Labute approximate surface area is 84.0 Å². The predicted molar refractivity (Wildman–Crippen MR) is 51.1 cm³/mol. The number of hydrogen-bond acceptors (Lipinski definition) is 4. The summed E-state index contributed by atoms with van der Waals surface area (Å²) in [6.07, 6.45) is -1.15. The third-order valence-corrected chi connectivity index (χ3v) is 1.78. The highest BCUT2D eigenvalue weighted by Gasteiger charge is 2.14. The summed E-state index contributed by atoms with van der Waals surface area (Å²) in [7, 11) is 0. The molecule has 0 aliphatic carbocycles. The van der Waals surface area contributed by atoms with Gasteiger partial charge in [-0.15, -0.1) is 0 Å². The summed E-state index contributed by atoms with van der Waals surface area (Å²) >= 11 is 0. The molecule has 1 heterocycles. The number of primary amides is 1. The minimum absolute atomic E-state index is 0.0463. The fourth-order valence-corrected chi connectivity index (χ4v) is 1.19. The maximum absolute atomic E-state index is 11.2. The van der Waals surface area contributed by atoms with Gasteiger partial charge in [-0.25, -0.2) is 14.6 Å². The van der Waals surface area contributed by atoms with Crippen LogP contribution in [-0.2, 0) is 4.74 Å². The lowest BCUT2D eigenvalue weighted by molar-refractivity contribution is 0.0627. The number of H-pyrrole nitrogens is 1. The van der Waals surface area contributed by atoms with Gasteiger partial charge in [0.2, 0.25) is 5.82 Å². The quantitative estimate of drug-likeness (QED) is 0.531. The van der Waals surface area contributed by atoms with E-state index in [0.717, 1.165) is 0 Å². The molecule has 0 unspecified atom stereocenters. The number of hydrogen-bond donors (Lipinski definition) is 2. The lowest BCUT2D eigenvalue weighted by atomic mass is 10.3. The number of aromatic nitrogens is 2. The maximum atomic E-state index is 11.2. The van der Waals surface area contributed by atoms with E-state index in [4.69, 9.17) is 5.73 Å². The van der Waals surface area contributed by atoms with Gasteiger partial charge in [-0.2, -0.15) is 0 Å². The Morgan fingerprint density at radius 1 is 1.33 bits per heavy atom. The fraction of sp³-hybridized carbons (Fsp3) is 0. The summed E-state index contributed by atoms with van der Waals surface area (Å²) < 4.78 is 4.17. The Balaban J connectivity index is 2.36. The van der Waals surface area contributed by atoms with E-state index in [0.29, 0.717) is 11.0 Å². The average molecular weight is 205 g/mol. The van der Waals surface area contributed by atoms with Crippen molar-refractivity contribution in [1.29, 1.82) is 0 Å². The normalized spacial score (nSPS) is 10.1. The number of carbonyl (C=O) groups excluding carboxylic acids is 2. The third kappa shape index (κ3) is 1.78. The molecular weight excluding hydrogens is 198 g/mol. The molecule has 15 heavy (non-hydrogen) atoms. The number of nitrogens with two attached hydrogens (primary N) is 1. The van der Waals surface area contributed by atoms with Gasteiger partial charge in [0.15, 0.2) is 0 Å². The smallest absolute Gasteiger partial charge is 0.370 e. The molecule has 0 aliphatic rings. The summed E-state index contributed by atoms with van der Waals surface area (Å²) in [5, 5.41) is 0. The lowest BCUT2D eigenvalue weighted by Crippen LogP contribution is -2.19. The molecule has 1 amide bonds. The summed E-state index contributed by atoms with van der Waals surface area (Å²) in [6.45, 7) is 0. The molecule has 0 fully saturated rings. The Hall–Kier alpha value is -2.37. The number of fused-ring (bicyclic) bond motifs is 1. The van der Waals surface area contributed by atoms with Crippen LogP contribution < -0.4 is 5.73 Å². The van der Waals surface area contributed by atoms with Gasteiger partial charge in [0.1, 0.15) is 0 Å². The minimum atomic E-state index is -1.15. The molecule has 0 aliphatic heterocycles. The summed E-state index contributed by atoms with van der Waals surface area (Å²) in [5.74, 6) is -0.936. The number of aromatic amines is 1. The van der Waals surface area contributed by atoms with Crippen LogP contribution in [0.2, 0.25) is 0 Å². The topological polar surface area (TPSA) is 98.1 Å². The first kappa shape index (κ1) is 9.20. The van der Waals surface area contributed by atoms with Crippen LogP contribution in [0.15, 0.2) is 24.3 Å². The molecular formula is C9H7N3O3. The highest BCUT2D eigenvalue weighted by molar-refractivity contribution is 5.95. The second-order valence-corrected chi connectivity index (χ2v) is 2.81. The zero-order valence-corrected chi connectivity index (χ0v) is 7.56. The van der Waals surface area contributed by atoms with Gasteiger partial charge in [-0.3, -0.25) is 0 Å². The first-order valence-electron chi connectivity index (χ1n) is 4.13. The first-order valence-corrected chi connectivity index (χ1v) is 4.13. The molecule has 6 heteroatoms. The average Bonchev–Trinajstić information content (AvgIpc) is 2.59. The molecule has 2 aromatic rings. The van der Waals surface area contributed by atoms with E-state index in [1.165, 1.54) is 0 Å². The molecule has 0 spiro atoms. The van der Waals surface area contributed by atoms with Crippen LogP contribution in [0.25, 0.3) is 11.0 Å². The zero-order chi connectivity index (χ0) is 10.8. The summed E-state index contributed by atoms with van der Waals surface area (Å²) in [5.41, 5.74) is 6.01. The third-order valence-electron chi connectivity index (χ3n) is 1.78. The standard InChI is InChI=1S/C9H7N3O3/c10-9(14)15-8(13)7-11-5-3-1-2-4-6(5)12-7/h1-4H,(H2,10,14)(H,11,12). The van der Waals surface area contributed by atoms with Crippen molar-refractivity contribution in [3.63, 3.8) is 0 Å². The van der Waals surface area contributed by atoms with Crippen LogP contribution in [0.4, 0.5) is 4.79 Å². The van der Waals surface area contributed by atoms with Crippen LogP contribution in [0.1, 0.15) is 10.6 Å². The largest absolute Gasteiger partial charge is 0.412 e. The van der Waals surface area contributed by atoms with E-state index in [1.807, 2.05) is 0 Å². The molecule has 0 bridgehead atoms. The number of imidazole rings is 1. The highest BCUT2D eigenvalue weighted by atomic mass is 16.6. The van der Waals surface area contributed by atoms with Gasteiger partial charge in [0.05, 0.1) is 11.0 Å². The molecule has 1 aromatic heterocycles. The van der Waals surface area contributed by atoms with E-state index in [-0.39, 0.29) is 5.82 Å². The SMILES string of the molecule is NC(=O)OC(=O)c1nc2ccccc2[nH]1. The van der Waals surface area contributed by atoms with Crippen LogP contribution in [0.3, 0.4) is 0 Å². The van der Waals surface area contributed by atoms with E-state index < -0.39 is 12.1 Å². The van der Waals surface area contributed by atoms with E-state index >= 15 is 0 Å². The van der Waals surface area contributed by atoms with Crippen molar-refractivity contribution >= 4 is 23.1 Å². The maximum Gasteiger partial charge on any atom is 0.412 e. The van der Waals surface area contributed by atoms with Crippen LogP contribution >= 0.6 is 0 Å². The van der Waals surface area contributed by atoms with Gasteiger partial charge in [-0.1, -0.05) is 12.1 Å². The summed E-state index contributed by atoms with van der Waals surface area (Å²) in [4.78, 5) is 28.2. The molecule has 1 aromatic carbocycles. The molecule has 0 atom stereocenters. The number of carbonyl (C=O) groups is 2. The Morgan fingerprint density at radius 3 is 2.73 bits per heavy atom. The van der Waals surface area contributed by atoms with Crippen LogP contribution in [0.5, 0.6) is 0 Å². The van der Waals surface area contributed by atoms with Crippen molar-refractivity contribution in [2.24, 2.45) is 5.73 Å². The van der Waals surface area contributed by atoms with Crippen molar-refractivity contribution in [1.82, 2.24) is 9.97 Å². The highest BCUT2D eigenvalue weighted by Crippen LogP contribution is 2.10. The predicted octanol–water partition coefficient (Wildman–Crippen LogP) is 0.798. The zero-order valence-electron chi connectivity index (χ0n) is 7.56. The Bertz CT molecular complexity index is 499. The lowest BCUT2D eigenvalue weighted by Gasteiger charge is -1.93. The van der Waals surface area contributed by atoms with Crippen molar-refractivity contribution in [2.75, 3.05) is 0 Å². The van der Waals surface area contributed by atoms with Crippen molar-refractivity contribution in [3.05, 3.63) is 30.1 Å². The summed E-state index contributed by atoms with van der Waals surface area (Å²) in [6, 6.07) is 7.06. The molecule has 0 radical (unpaired) electrons. The number of ether oxygens (including phenoxy) is 1. The second-order valence-electron chi connectivity index (χ2n) is 2.81. The number of rotatable bonds is 1. The number of para-hydroxylation sites is 2. The fourth-order valence-electron chi connectivity index (χ4n) is 1.19. The van der Waals surface area contributed by atoms with E-state index in [9.17, 15) is 9.59 Å². The molecule has 76 valence electrons. The first-order chi connectivity index (χ1) is 7.16. The van der Waals surface area contributed by atoms with E-state index in [1.54, 1.807) is 24.3 Å². The Kier molecular flexibility index (Phi) is 2.09. The van der Waals surface area contributed by atoms with Crippen LogP contribution in [0, 0.1) is 0 Å². The molecule has 0 saturated carbocycles. The van der Waals surface area contributed by atoms with Gasteiger partial charge in [0, 0.05) is 0 Å². The van der Waals surface area contributed by atoms with Crippen molar-refractivity contribution in [3.8, 4) is 0 Å². The van der Waals surface area contributed by atoms with Gasteiger partial charge >= 0.3 is 12.1 Å². The van der Waals surface area contributed by atoms with Gasteiger partial charge in [-0.05, 0) is 12.1 Å². The number of nitrogens with one attached hydrogen (secondary N) is 1. The second kappa shape index (κ2) is 3.41. The molecule has 3 N–H and O–H groups in total. The number of amides is 1. The van der Waals surface area contributed by atoms with Gasteiger partial charge < -0.3 is 15.5 Å². The van der Waals surface area contributed by atoms with Crippen molar-refractivity contribution in [2.45, 2.75) is 0 Å². The van der Waals surface area contributed by atoms with Crippen molar-refractivity contribution < 1.29 is 14.3 Å². The minimum Gasteiger partial charge on any atom is -0.370 e. The van der Waals surface area contributed by atoms with Gasteiger partial charge in [0.25, 0.3) is 0 Å². The molecule has 0 saturated heterocycles. The number of nitrogens with zero attached hydrogens (tertiary/aromatic N) is 1. The van der Waals surface area contributed by atoms with Crippen LogP contribution in [-0.4, -0.2) is 22.0 Å². The molecule has 6 nitrogen and oxygen atoms in total. The van der Waals surface area contributed by atoms with E-state index in [2.05, 4.69) is 14.7 Å². The molecule has 2 rings (SSSR count). The monoisotopic (exact) mass is 205 g/mol. The number of esters is 1. The Morgan fingerprint density at radius 2 is 2.07 bits per heavy atom.